The monoisotopic (exact) mass is 1040 g/mol. The normalized spacial score (nSPS) is 12.8. The van der Waals surface area contributed by atoms with Crippen LogP contribution in [-0.4, -0.2) is 47.4 Å². The molecule has 0 saturated carbocycles. The van der Waals surface area contributed by atoms with E-state index in [4.69, 9.17) is 4.74 Å². The molecule has 6 nitrogen and oxygen atoms in total. The van der Waals surface area contributed by atoms with E-state index < -0.39 is 12.1 Å². The van der Waals surface area contributed by atoms with Crippen LogP contribution in [0.25, 0.3) is 0 Å². The van der Waals surface area contributed by atoms with Gasteiger partial charge in [-0.1, -0.05) is 320 Å². The van der Waals surface area contributed by atoms with E-state index in [-0.39, 0.29) is 18.5 Å². The molecule has 436 valence electrons. The van der Waals surface area contributed by atoms with Crippen molar-refractivity contribution in [2.24, 2.45) is 0 Å². The van der Waals surface area contributed by atoms with Gasteiger partial charge in [-0.25, -0.2) is 0 Å². The van der Waals surface area contributed by atoms with Gasteiger partial charge >= 0.3 is 5.97 Å². The Morgan fingerprint density at radius 3 is 1.03 bits per heavy atom. The fourth-order valence-electron chi connectivity index (χ4n) is 10.3. The number of carbonyl (C=O) groups is 2. The molecule has 0 aromatic carbocycles. The van der Waals surface area contributed by atoms with Crippen LogP contribution < -0.4 is 5.32 Å². The zero-order chi connectivity index (χ0) is 53.6. The largest absolute Gasteiger partial charge is 0.466 e. The Hall–Kier alpha value is -1.92. The number of esters is 1. The van der Waals surface area contributed by atoms with Gasteiger partial charge in [0, 0.05) is 12.8 Å². The molecular formula is C68H129NO5. The molecule has 3 N–H and O–H groups in total. The van der Waals surface area contributed by atoms with Crippen LogP contribution in [0, 0.1) is 0 Å². The van der Waals surface area contributed by atoms with E-state index in [1.807, 2.05) is 6.08 Å². The second kappa shape index (κ2) is 63.6. The van der Waals surface area contributed by atoms with Gasteiger partial charge in [-0.3, -0.25) is 9.59 Å². The molecule has 6 heteroatoms. The van der Waals surface area contributed by atoms with Crippen molar-refractivity contribution >= 4 is 11.9 Å². The number of unbranched alkanes of at least 4 members (excludes halogenated alkanes) is 47. The van der Waals surface area contributed by atoms with Crippen LogP contribution in [0.3, 0.4) is 0 Å². The lowest BCUT2D eigenvalue weighted by Gasteiger charge is -2.20. The molecule has 0 radical (unpaired) electrons. The first kappa shape index (κ1) is 72.1. The third kappa shape index (κ3) is 59.3. The third-order valence-corrected chi connectivity index (χ3v) is 15.4. The van der Waals surface area contributed by atoms with E-state index in [9.17, 15) is 19.8 Å². The molecule has 0 bridgehead atoms. The first-order valence-corrected chi connectivity index (χ1v) is 33.3. The second-order valence-corrected chi connectivity index (χ2v) is 22.8. The predicted octanol–water partition coefficient (Wildman–Crippen LogP) is 21.1. The lowest BCUT2D eigenvalue weighted by Crippen LogP contribution is -2.45. The van der Waals surface area contributed by atoms with Gasteiger partial charge in [0.05, 0.1) is 25.4 Å². The zero-order valence-electron chi connectivity index (χ0n) is 49.8. The number of ether oxygens (including phenoxy) is 1. The average molecular weight is 1040 g/mol. The van der Waals surface area contributed by atoms with Gasteiger partial charge in [-0.2, -0.15) is 0 Å². The van der Waals surface area contributed by atoms with Gasteiger partial charge in [-0.05, 0) is 64.2 Å². The minimum absolute atomic E-state index is 0.0169. The van der Waals surface area contributed by atoms with Gasteiger partial charge in [0.1, 0.15) is 0 Å². The lowest BCUT2D eigenvalue weighted by atomic mass is 10.0. The summed E-state index contributed by atoms with van der Waals surface area (Å²) in [6.45, 7) is 4.89. The summed E-state index contributed by atoms with van der Waals surface area (Å²) in [4.78, 5) is 24.5. The molecule has 0 aliphatic rings. The van der Waals surface area contributed by atoms with E-state index in [2.05, 4.69) is 43.5 Å². The highest BCUT2D eigenvalue weighted by molar-refractivity contribution is 5.76. The summed E-state index contributed by atoms with van der Waals surface area (Å²) in [5.74, 6) is -0.0510. The maximum atomic E-state index is 12.4. The first-order chi connectivity index (χ1) is 36.5. The Kier molecular flexibility index (Phi) is 62.0. The Labute approximate surface area is 462 Å². The molecule has 2 unspecified atom stereocenters. The van der Waals surface area contributed by atoms with Crippen molar-refractivity contribution in [1.29, 1.82) is 0 Å². The van der Waals surface area contributed by atoms with Crippen molar-refractivity contribution in [3.63, 3.8) is 0 Å². The summed E-state index contributed by atoms with van der Waals surface area (Å²) in [6.07, 6.45) is 80.9. The molecular weight excluding hydrogens is 911 g/mol. The molecule has 0 aliphatic carbocycles. The number of rotatable bonds is 62. The van der Waals surface area contributed by atoms with Crippen LogP contribution in [0.1, 0.15) is 361 Å². The third-order valence-electron chi connectivity index (χ3n) is 15.4. The molecule has 0 aromatic heterocycles. The number of aliphatic hydroxyl groups is 2. The van der Waals surface area contributed by atoms with Crippen molar-refractivity contribution in [3.8, 4) is 0 Å². The van der Waals surface area contributed by atoms with E-state index in [0.717, 1.165) is 44.9 Å². The second-order valence-electron chi connectivity index (χ2n) is 22.8. The molecule has 0 aliphatic heterocycles. The van der Waals surface area contributed by atoms with Crippen molar-refractivity contribution < 1.29 is 24.5 Å². The van der Waals surface area contributed by atoms with Crippen molar-refractivity contribution in [2.75, 3.05) is 13.2 Å². The zero-order valence-corrected chi connectivity index (χ0v) is 49.8. The molecule has 0 spiro atoms. The van der Waals surface area contributed by atoms with Crippen LogP contribution in [0.15, 0.2) is 36.5 Å². The maximum absolute atomic E-state index is 12.4. The van der Waals surface area contributed by atoms with E-state index in [1.54, 1.807) is 6.08 Å². The lowest BCUT2D eigenvalue weighted by molar-refractivity contribution is -0.143. The summed E-state index contributed by atoms with van der Waals surface area (Å²) >= 11 is 0. The summed E-state index contributed by atoms with van der Waals surface area (Å²) < 4.78 is 5.49. The summed E-state index contributed by atoms with van der Waals surface area (Å²) in [6, 6.07) is -0.624. The van der Waals surface area contributed by atoms with Crippen molar-refractivity contribution in [1.82, 2.24) is 5.32 Å². The fourth-order valence-corrected chi connectivity index (χ4v) is 10.3. The molecule has 0 aromatic rings. The van der Waals surface area contributed by atoms with Gasteiger partial charge in [0.15, 0.2) is 0 Å². The first-order valence-electron chi connectivity index (χ1n) is 33.3. The smallest absolute Gasteiger partial charge is 0.305 e. The highest BCUT2D eigenvalue weighted by Gasteiger charge is 2.18. The van der Waals surface area contributed by atoms with E-state index in [1.165, 1.54) is 289 Å². The van der Waals surface area contributed by atoms with Crippen LogP contribution >= 0.6 is 0 Å². The molecule has 0 saturated heterocycles. The van der Waals surface area contributed by atoms with Crippen LogP contribution in [0.2, 0.25) is 0 Å². The van der Waals surface area contributed by atoms with Gasteiger partial charge in [-0.15, -0.1) is 0 Å². The quantitative estimate of drug-likeness (QED) is 0.0320. The minimum atomic E-state index is -0.841. The Morgan fingerprint density at radius 2 is 0.676 bits per heavy atom. The molecule has 0 rings (SSSR count). The topological polar surface area (TPSA) is 95.9 Å². The maximum Gasteiger partial charge on any atom is 0.305 e. The Morgan fingerprint density at radius 1 is 0.378 bits per heavy atom. The molecule has 74 heavy (non-hydrogen) atoms. The number of nitrogens with one attached hydrogen (secondary N) is 1. The SMILES string of the molecule is CCCCCCCCC/C=C/C(O)C(CO)NC(=O)CCCCCCCCCCCCCCCCCCC/C=C\C/C=C\CCCCCCCCCCCOC(=O)CCCCCCCCCCCCCCCCC. The standard InChI is InChI=1S/C68H129NO5/c1-3-5-7-9-11-13-14-15-35-39-42-46-50-54-58-62-68(73)74-63-59-55-51-47-43-40-37-34-32-30-28-26-24-22-20-18-16-17-19-21-23-25-27-29-31-33-36-38-41-45-49-53-57-61-67(72)69-65(64-70)66(71)60-56-52-48-44-12-10-8-6-4-2/h20,22,26,28,56,60,65-66,70-71H,3-19,21,23-25,27,29-55,57-59,61-64H2,1-2H3,(H,69,72)/b22-20-,28-26-,60-56+. The summed E-state index contributed by atoms with van der Waals surface area (Å²) in [5.41, 5.74) is 0. The predicted molar refractivity (Wildman–Crippen MR) is 324 cm³/mol. The van der Waals surface area contributed by atoms with Gasteiger partial charge in [0.25, 0.3) is 0 Å². The molecule has 0 fully saturated rings. The number of hydrogen-bond acceptors (Lipinski definition) is 5. The molecule has 0 heterocycles. The summed E-state index contributed by atoms with van der Waals surface area (Å²) in [5, 5.41) is 23.0. The van der Waals surface area contributed by atoms with Gasteiger partial charge < -0.3 is 20.3 Å². The van der Waals surface area contributed by atoms with Crippen LogP contribution in [0.5, 0.6) is 0 Å². The number of allylic oxidation sites excluding steroid dienone is 5. The highest BCUT2D eigenvalue weighted by Crippen LogP contribution is 2.18. The number of amides is 1. The van der Waals surface area contributed by atoms with E-state index >= 15 is 0 Å². The van der Waals surface area contributed by atoms with Crippen LogP contribution in [0.4, 0.5) is 0 Å². The number of aliphatic hydroxyl groups excluding tert-OH is 2. The Balaban J connectivity index is 3.35. The summed E-state index contributed by atoms with van der Waals surface area (Å²) in [7, 11) is 0. The van der Waals surface area contributed by atoms with Gasteiger partial charge in [0.2, 0.25) is 5.91 Å². The van der Waals surface area contributed by atoms with Crippen molar-refractivity contribution in [2.45, 2.75) is 373 Å². The van der Waals surface area contributed by atoms with Crippen molar-refractivity contribution in [3.05, 3.63) is 36.5 Å². The highest BCUT2D eigenvalue weighted by atomic mass is 16.5. The number of hydrogen-bond donors (Lipinski definition) is 3. The molecule has 2 atom stereocenters. The molecule has 1 amide bonds. The minimum Gasteiger partial charge on any atom is -0.466 e. The Bertz CT molecular complexity index is 1200. The average Bonchev–Trinajstić information content (AvgIpc) is 3.40. The fraction of sp³-hybridized carbons (Fsp3) is 0.882. The van der Waals surface area contributed by atoms with Crippen LogP contribution in [-0.2, 0) is 14.3 Å². The number of carbonyl (C=O) groups excluding carboxylic acids is 2. The van der Waals surface area contributed by atoms with E-state index in [0.29, 0.717) is 19.4 Å².